The smallest absolute Gasteiger partial charge is 0.227 e. The van der Waals surface area contributed by atoms with Crippen LogP contribution in [0.3, 0.4) is 0 Å². The number of halogens is 1. The molecule has 1 unspecified atom stereocenters. The molecule has 0 fully saturated rings. The zero-order valence-corrected chi connectivity index (χ0v) is 12.9. The predicted octanol–water partition coefficient (Wildman–Crippen LogP) is 3.00. The van der Waals surface area contributed by atoms with Crippen LogP contribution in [0.5, 0.6) is 0 Å². The van der Waals surface area contributed by atoms with Crippen molar-refractivity contribution in [3.05, 3.63) is 45.7 Å². The zero-order valence-electron chi connectivity index (χ0n) is 11.3. The number of hydrogen-bond donors (Lipinski definition) is 2. The number of pyridine rings is 1. The summed E-state index contributed by atoms with van der Waals surface area (Å²) < 4.78 is 0. The number of amides is 2. The fraction of sp³-hybridized carbons (Fsp3) is 0.214. The summed E-state index contributed by atoms with van der Waals surface area (Å²) in [6.07, 6.45) is 1.60. The Morgan fingerprint density at radius 2 is 2.19 bits per heavy atom. The summed E-state index contributed by atoms with van der Waals surface area (Å²) in [5.74, 6) is 0.0277. The summed E-state index contributed by atoms with van der Waals surface area (Å²) in [4.78, 5) is 28.3. The third-order valence-corrected chi connectivity index (χ3v) is 3.86. The van der Waals surface area contributed by atoms with Crippen molar-refractivity contribution in [1.82, 2.24) is 10.3 Å². The van der Waals surface area contributed by atoms with Gasteiger partial charge in [-0.05, 0) is 23.6 Å². The highest BCUT2D eigenvalue weighted by atomic mass is 35.5. The zero-order chi connectivity index (χ0) is 15.2. The van der Waals surface area contributed by atoms with E-state index in [1.807, 2.05) is 17.5 Å². The molecule has 0 saturated heterocycles. The number of aromatic nitrogens is 1. The van der Waals surface area contributed by atoms with Gasteiger partial charge in [0.25, 0.3) is 0 Å². The molecule has 7 heteroatoms. The summed E-state index contributed by atoms with van der Waals surface area (Å²) in [7, 11) is 0. The van der Waals surface area contributed by atoms with Crippen LogP contribution in [0.4, 0.5) is 5.82 Å². The van der Waals surface area contributed by atoms with Crippen LogP contribution >= 0.6 is 22.9 Å². The van der Waals surface area contributed by atoms with Crippen molar-refractivity contribution >= 4 is 40.6 Å². The first-order valence-corrected chi connectivity index (χ1v) is 7.52. The van der Waals surface area contributed by atoms with Gasteiger partial charge in [0.05, 0.1) is 17.5 Å². The molecule has 0 aromatic carbocycles. The van der Waals surface area contributed by atoms with Gasteiger partial charge in [-0.25, -0.2) is 4.98 Å². The lowest BCUT2D eigenvalue weighted by atomic mass is 10.1. The van der Waals surface area contributed by atoms with E-state index in [0.717, 1.165) is 4.88 Å². The van der Waals surface area contributed by atoms with Crippen molar-refractivity contribution in [1.29, 1.82) is 0 Å². The number of carbonyl (C=O) groups is 2. The number of thiophene rings is 1. The summed E-state index contributed by atoms with van der Waals surface area (Å²) in [6.45, 7) is 1.43. The molecule has 2 N–H and O–H groups in total. The normalized spacial score (nSPS) is 11.7. The molecule has 2 heterocycles. The number of anilines is 1. The van der Waals surface area contributed by atoms with Crippen LogP contribution in [-0.4, -0.2) is 16.8 Å². The van der Waals surface area contributed by atoms with E-state index in [9.17, 15) is 9.59 Å². The molecule has 0 bridgehead atoms. The van der Waals surface area contributed by atoms with Gasteiger partial charge in [0.2, 0.25) is 11.8 Å². The van der Waals surface area contributed by atoms with E-state index in [4.69, 9.17) is 11.6 Å². The summed E-state index contributed by atoms with van der Waals surface area (Å²) >= 11 is 7.23. The molecule has 1 atom stereocenters. The Hall–Kier alpha value is -1.92. The average Bonchev–Trinajstić information content (AvgIpc) is 2.94. The minimum absolute atomic E-state index is 0.143. The Bertz CT molecular complexity index is 614. The first-order chi connectivity index (χ1) is 10.0. The van der Waals surface area contributed by atoms with Crippen LogP contribution in [0.1, 0.15) is 24.3 Å². The highest BCUT2D eigenvalue weighted by Gasteiger charge is 2.18. The third kappa shape index (κ3) is 4.84. The number of carbonyl (C=O) groups excluding carboxylic acids is 2. The standard InChI is InChI=1S/C14H14ClN3O2S/c1-9(19)17-11(12-3-2-6-21-12)7-14(20)18-13-5-4-10(15)8-16-13/h2-6,8,11H,7H2,1H3,(H,17,19)(H,16,18,20). The Labute approximate surface area is 131 Å². The van der Waals surface area contributed by atoms with Crippen molar-refractivity contribution in [2.45, 2.75) is 19.4 Å². The number of rotatable bonds is 5. The molecule has 0 aliphatic heterocycles. The van der Waals surface area contributed by atoms with Gasteiger partial charge in [0.15, 0.2) is 0 Å². The number of nitrogens with zero attached hydrogens (tertiary/aromatic N) is 1. The minimum atomic E-state index is -0.338. The summed E-state index contributed by atoms with van der Waals surface area (Å²) in [6, 6.07) is 6.70. The first kappa shape index (κ1) is 15.5. The van der Waals surface area contributed by atoms with Gasteiger partial charge >= 0.3 is 0 Å². The quantitative estimate of drug-likeness (QED) is 0.888. The molecule has 2 amide bonds. The monoisotopic (exact) mass is 323 g/mol. The molecular formula is C14H14ClN3O2S. The molecule has 0 spiro atoms. The molecule has 5 nitrogen and oxygen atoms in total. The topological polar surface area (TPSA) is 71.1 Å². The van der Waals surface area contributed by atoms with Crippen molar-refractivity contribution in [3.8, 4) is 0 Å². The van der Waals surface area contributed by atoms with Gasteiger partial charge in [0.1, 0.15) is 5.82 Å². The van der Waals surface area contributed by atoms with Crippen LogP contribution in [-0.2, 0) is 9.59 Å². The predicted molar refractivity (Wildman–Crippen MR) is 83.4 cm³/mol. The molecule has 2 aromatic heterocycles. The highest BCUT2D eigenvalue weighted by Crippen LogP contribution is 2.22. The second kappa shape index (κ2) is 7.19. The molecule has 110 valence electrons. The van der Waals surface area contributed by atoms with Crippen LogP contribution in [0.15, 0.2) is 35.8 Å². The maximum Gasteiger partial charge on any atom is 0.227 e. The summed E-state index contributed by atoms with van der Waals surface area (Å²) in [5.41, 5.74) is 0. The van der Waals surface area contributed by atoms with E-state index in [1.54, 1.807) is 12.1 Å². The van der Waals surface area contributed by atoms with E-state index >= 15 is 0 Å². The fourth-order valence-corrected chi connectivity index (χ4v) is 2.68. The maximum absolute atomic E-state index is 12.1. The molecular weight excluding hydrogens is 310 g/mol. The van der Waals surface area contributed by atoms with Crippen LogP contribution in [0.2, 0.25) is 5.02 Å². The number of hydrogen-bond acceptors (Lipinski definition) is 4. The lowest BCUT2D eigenvalue weighted by Crippen LogP contribution is -2.29. The fourth-order valence-electron chi connectivity index (χ4n) is 1.79. The minimum Gasteiger partial charge on any atom is -0.348 e. The van der Waals surface area contributed by atoms with E-state index < -0.39 is 0 Å². The van der Waals surface area contributed by atoms with Crippen molar-refractivity contribution < 1.29 is 9.59 Å². The van der Waals surface area contributed by atoms with Crippen molar-refractivity contribution in [3.63, 3.8) is 0 Å². The SMILES string of the molecule is CC(=O)NC(CC(=O)Nc1ccc(Cl)cn1)c1cccs1. The van der Waals surface area contributed by atoms with Gasteiger partial charge in [-0.15, -0.1) is 11.3 Å². The van der Waals surface area contributed by atoms with Crippen molar-refractivity contribution in [2.75, 3.05) is 5.32 Å². The second-order valence-corrected chi connectivity index (χ2v) is 5.80. The lowest BCUT2D eigenvalue weighted by Gasteiger charge is -2.16. The van der Waals surface area contributed by atoms with Gasteiger partial charge in [-0.2, -0.15) is 0 Å². The molecule has 21 heavy (non-hydrogen) atoms. The van der Waals surface area contributed by atoms with E-state index in [-0.39, 0.29) is 24.3 Å². The van der Waals surface area contributed by atoms with Gasteiger partial charge in [-0.3, -0.25) is 9.59 Å². The number of nitrogens with one attached hydrogen (secondary N) is 2. The lowest BCUT2D eigenvalue weighted by molar-refractivity contribution is -0.120. The molecule has 0 aliphatic carbocycles. The molecule has 0 radical (unpaired) electrons. The molecule has 2 aromatic rings. The molecule has 2 rings (SSSR count). The second-order valence-electron chi connectivity index (χ2n) is 4.38. The Kier molecular flexibility index (Phi) is 5.30. The Balaban J connectivity index is 2.01. The molecule has 0 aliphatic rings. The third-order valence-electron chi connectivity index (χ3n) is 2.65. The van der Waals surface area contributed by atoms with E-state index in [1.165, 1.54) is 24.5 Å². The average molecular weight is 324 g/mol. The van der Waals surface area contributed by atoms with Crippen LogP contribution in [0.25, 0.3) is 0 Å². The molecule has 0 saturated carbocycles. The summed E-state index contributed by atoms with van der Waals surface area (Å²) in [5, 5.41) is 7.86. The van der Waals surface area contributed by atoms with Crippen molar-refractivity contribution in [2.24, 2.45) is 0 Å². The first-order valence-electron chi connectivity index (χ1n) is 6.26. The van der Waals surface area contributed by atoms with E-state index in [0.29, 0.717) is 10.8 Å². The Morgan fingerprint density at radius 1 is 1.38 bits per heavy atom. The van der Waals surface area contributed by atoms with Gasteiger partial charge in [-0.1, -0.05) is 17.7 Å². The Morgan fingerprint density at radius 3 is 2.76 bits per heavy atom. The van der Waals surface area contributed by atoms with Gasteiger partial charge < -0.3 is 10.6 Å². The van der Waals surface area contributed by atoms with Crippen LogP contribution in [0, 0.1) is 0 Å². The largest absolute Gasteiger partial charge is 0.348 e. The maximum atomic E-state index is 12.1. The van der Waals surface area contributed by atoms with Gasteiger partial charge in [0, 0.05) is 18.0 Å². The highest BCUT2D eigenvalue weighted by molar-refractivity contribution is 7.10. The van der Waals surface area contributed by atoms with E-state index in [2.05, 4.69) is 15.6 Å². The van der Waals surface area contributed by atoms with Crippen LogP contribution < -0.4 is 10.6 Å².